The van der Waals surface area contributed by atoms with E-state index < -0.39 is 23.7 Å². The van der Waals surface area contributed by atoms with Crippen molar-refractivity contribution in [2.24, 2.45) is 10.9 Å². The largest absolute Gasteiger partial charge is 0.456 e. The molecule has 0 aliphatic carbocycles. The normalized spacial score (nSPS) is 28.4. The summed E-state index contributed by atoms with van der Waals surface area (Å²) in [4.78, 5) is 47.0. The first-order chi connectivity index (χ1) is 13.7. The van der Waals surface area contributed by atoms with Crippen molar-refractivity contribution < 1.29 is 19.1 Å². The van der Waals surface area contributed by atoms with E-state index in [4.69, 9.17) is 4.74 Å². The Morgan fingerprint density at radius 3 is 2.83 bits per heavy atom. The molecule has 0 fully saturated rings. The van der Waals surface area contributed by atoms with Crippen LogP contribution in [0.15, 0.2) is 23.0 Å². The Labute approximate surface area is 177 Å². The van der Waals surface area contributed by atoms with E-state index in [1.165, 1.54) is 29.2 Å². The predicted octanol–water partition coefficient (Wildman–Crippen LogP) is 1.65. The number of ether oxygens (including phenoxy) is 1. The number of hydrogen-bond acceptors (Lipinski definition) is 8. The van der Waals surface area contributed by atoms with Crippen molar-refractivity contribution >= 4 is 45.9 Å². The average Bonchev–Trinajstić information content (AvgIpc) is 3.30. The maximum absolute atomic E-state index is 13.0. The van der Waals surface area contributed by atoms with Crippen LogP contribution in [0.25, 0.3) is 0 Å². The highest BCUT2D eigenvalue weighted by atomic mass is 32.2. The Morgan fingerprint density at radius 2 is 2.14 bits per heavy atom. The van der Waals surface area contributed by atoms with Crippen molar-refractivity contribution in [1.82, 2.24) is 15.6 Å². The van der Waals surface area contributed by atoms with Crippen LogP contribution in [-0.2, 0) is 25.7 Å². The number of esters is 1. The SMILES string of the molecule is C=C[C@H]1CC(=O)NCc2nc(cs2)C2=N[C@@](C)(CS2)C(=O)N[C@@H](C(C)C)C(=O)O1. The number of nitrogens with one attached hydrogen (secondary N) is 2. The molecule has 0 aromatic carbocycles. The number of fused-ring (bicyclic) bond motifs is 4. The van der Waals surface area contributed by atoms with Gasteiger partial charge in [0.05, 0.1) is 13.0 Å². The lowest BCUT2D eigenvalue weighted by molar-refractivity contribution is -0.153. The van der Waals surface area contributed by atoms with Crippen molar-refractivity contribution in [2.75, 3.05) is 5.75 Å². The molecular weight excluding hydrogens is 412 g/mol. The number of aliphatic imine (C=N–C) groups is 1. The second kappa shape index (κ2) is 8.66. The highest BCUT2D eigenvalue weighted by Gasteiger charge is 2.41. The van der Waals surface area contributed by atoms with E-state index in [2.05, 4.69) is 27.2 Å². The third-order valence-electron chi connectivity index (χ3n) is 4.66. The molecule has 0 radical (unpaired) electrons. The van der Waals surface area contributed by atoms with Crippen molar-refractivity contribution in [3.63, 3.8) is 0 Å². The monoisotopic (exact) mass is 436 g/mol. The smallest absolute Gasteiger partial charge is 0.329 e. The standard InChI is InChI=1S/C19H24N4O4S2/c1-5-11-6-13(24)20-7-14-21-12(8-28-14)16-23-19(4,9-29-16)18(26)22-15(10(2)3)17(25)27-11/h5,8,10-11,15H,1,6-7,9H2,2-4H3,(H,20,24)(H,22,26)/t11-,15-,19-/m0/s1. The number of hydrogen-bond donors (Lipinski definition) is 2. The molecule has 3 heterocycles. The summed E-state index contributed by atoms with van der Waals surface area (Å²) in [5, 5.41) is 8.85. The highest BCUT2D eigenvalue weighted by Crippen LogP contribution is 2.32. The van der Waals surface area contributed by atoms with Crippen LogP contribution in [0.3, 0.4) is 0 Å². The summed E-state index contributed by atoms with van der Waals surface area (Å²) in [6, 6.07) is -0.854. The van der Waals surface area contributed by atoms with Crippen LogP contribution < -0.4 is 10.6 Å². The number of thiazole rings is 1. The molecule has 0 unspecified atom stereocenters. The number of nitrogens with zero attached hydrogens (tertiary/aromatic N) is 2. The van der Waals surface area contributed by atoms with Crippen molar-refractivity contribution in [2.45, 2.75) is 51.4 Å². The van der Waals surface area contributed by atoms with Crippen LogP contribution in [0, 0.1) is 5.92 Å². The van der Waals surface area contributed by atoms with Gasteiger partial charge in [-0.25, -0.2) is 9.78 Å². The fourth-order valence-corrected chi connectivity index (χ4v) is 4.78. The maximum atomic E-state index is 13.0. The molecule has 1 aromatic rings. The molecule has 0 saturated heterocycles. The Morgan fingerprint density at radius 1 is 1.38 bits per heavy atom. The molecule has 2 amide bonds. The maximum Gasteiger partial charge on any atom is 0.329 e. The lowest BCUT2D eigenvalue weighted by Crippen LogP contribution is -2.53. The van der Waals surface area contributed by atoms with Gasteiger partial charge in [-0.1, -0.05) is 26.5 Å². The number of carbonyl (C=O) groups excluding carboxylic acids is 3. The second-order valence-corrected chi connectivity index (χ2v) is 9.40. The van der Waals surface area contributed by atoms with Crippen LogP contribution in [0.4, 0.5) is 0 Å². The van der Waals surface area contributed by atoms with Crippen LogP contribution in [0.2, 0.25) is 0 Å². The summed E-state index contributed by atoms with van der Waals surface area (Å²) in [6.07, 6.45) is 0.571. The molecule has 2 N–H and O–H groups in total. The zero-order valence-electron chi connectivity index (χ0n) is 16.6. The Balaban J connectivity index is 1.94. The Hall–Kier alpha value is -2.20. The molecule has 2 aliphatic rings. The quantitative estimate of drug-likeness (QED) is 0.539. The third kappa shape index (κ3) is 4.87. The molecule has 10 heteroatoms. The number of thioether (sulfide) groups is 1. The lowest BCUT2D eigenvalue weighted by atomic mass is 10.0. The van der Waals surface area contributed by atoms with Gasteiger partial charge in [0.25, 0.3) is 0 Å². The van der Waals surface area contributed by atoms with E-state index in [-0.39, 0.29) is 30.7 Å². The molecule has 29 heavy (non-hydrogen) atoms. The first kappa shape index (κ1) is 21.5. The summed E-state index contributed by atoms with van der Waals surface area (Å²) in [7, 11) is 0. The van der Waals surface area contributed by atoms with E-state index in [0.717, 1.165) is 5.01 Å². The lowest BCUT2D eigenvalue weighted by Gasteiger charge is -2.27. The summed E-state index contributed by atoms with van der Waals surface area (Å²) in [5.74, 6) is -0.971. The van der Waals surface area contributed by atoms with Gasteiger partial charge in [-0.05, 0) is 12.8 Å². The minimum absolute atomic E-state index is 0.0491. The fraction of sp³-hybridized carbons (Fsp3) is 0.526. The van der Waals surface area contributed by atoms with Gasteiger partial charge in [0.1, 0.15) is 33.4 Å². The Bertz CT molecular complexity index is 866. The van der Waals surface area contributed by atoms with E-state index in [1.807, 2.05) is 19.2 Å². The van der Waals surface area contributed by atoms with Gasteiger partial charge in [-0.3, -0.25) is 14.6 Å². The summed E-state index contributed by atoms with van der Waals surface area (Å²) < 4.78 is 5.45. The number of rotatable bonds is 2. The molecule has 3 rings (SSSR count). The number of cyclic esters (lactones) is 1. The van der Waals surface area contributed by atoms with E-state index >= 15 is 0 Å². The van der Waals surface area contributed by atoms with Gasteiger partial charge < -0.3 is 15.4 Å². The van der Waals surface area contributed by atoms with Gasteiger partial charge in [-0.15, -0.1) is 23.1 Å². The zero-order valence-corrected chi connectivity index (χ0v) is 18.2. The Kier molecular flexibility index (Phi) is 6.42. The van der Waals surface area contributed by atoms with Crippen LogP contribution >= 0.6 is 23.1 Å². The average molecular weight is 437 g/mol. The second-order valence-electron chi connectivity index (χ2n) is 7.49. The molecule has 3 atom stereocenters. The summed E-state index contributed by atoms with van der Waals surface area (Å²) in [5.41, 5.74) is -0.308. The molecule has 2 aliphatic heterocycles. The first-order valence-corrected chi connectivity index (χ1v) is 11.2. The molecule has 1 aromatic heterocycles. The van der Waals surface area contributed by atoms with Crippen LogP contribution in [0.5, 0.6) is 0 Å². The summed E-state index contributed by atoms with van der Waals surface area (Å²) >= 11 is 2.87. The van der Waals surface area contributed by atoms with E-state index in [1.54, 1.807) is 6.92 Å². The van der Waals surface area contributed by atoms with E-state index in [9.17, 15) is 14.4 Å². The van der Waals surface area contributed by atoms with Gasteiger partial charge >= 0.3 is 5.97 Å². The minimum atomic E-state index is -1.000. The molecule has 0 spiro atoms. The van der Waals surface area contributed by atoms with E-state index in [0.29, 0.717) is 16.5 Å². The van der Waals surface area contributed by atoms with Crippen LogP contribution in [-0.4, -0.2) is 51.2 Å². The minimum Gasteiger partial charge on any atom is -0.456 e. The van der Waals surface area contributed by atoms with Gasteiger partial charge in [0, 0.05) is 11.1 Å². The van der Waals surface area contributed by atoms with Crippen molar-refractivity contribution in [3.8, 4) is 0 Å². The van der Waals surface area contributed by atoms with Crippen molar-refractivity contribution in [3.05, 3.63) is 28.7 Å². The molecule has 4 bridgehead atoms. The number of amides is 2. The summed E-state index contributed by atoms with van der Waals surface area (Å²) in [6.45, 7) is 9.29. The topological polar surface area (TPSA) is 110 Å². The molecular formula is C19H24N4O4S2. The van der Waals surface area contributed by atoms with Crippen LogP contribution in [0.1, 0.15) is 37.9 Å². The van der Waals surface area contributed by atoms with Gasteiger partial charge in [0.15, 0.2) is 0 Å². The fourth-order valence-electron chi connectivity index (χ4n) is 2.85. The number of aromatic nitrogens is 1. The zero-order chi connectivity index (χ0) is 21.2. The predicted molar refractivity (Wildman–Crippen MR) is 113 cm³/mol. The van der Waals surface area contributed by atoms with Crippen molar-refractivity contribution in [1.29, 1.82) is 0 Å². The highest BCUT2D eigenvalue weighted by molar-refractivity contribution is 8.14. The van der Waals surface area contributed by atoms with Gasteiger partial charge in [0.2, 0.25) is 11.8 Å². The molecule has 0 saturated carbocycles. The number of carbonyl (C=O) groups is 3. The van der Waals surface area contributed by atoms with Gasteiger partial charge in [-0.2, -0.15) is 0 Å². The first-order valence-electron chi connectivity index (χ1n) is 9.30. The molecule has 156 valence electrons. The third-order valence-corrected chi connectivity index (χ3v) is 6.79. The molecule has 8 nitrogen and oxygen atoms in total.